The van der Waals surface area contributed by atoms with Gasteiger partial charge in [0.1, 0.15) is 5.60 Å². The number of aliphatic hydroxyl groups is 1. The summed E-state index contributed by atoms with van der Waals surface area (Å²) in [6.45, 7) is 5.01. The largest absolute Gasteiger partial charge is 0.388 e. The van der Waals surface area contributed by atoms with Crippen LogP contribution >= 0.6 is 0 Å². The molecule has 0 bridgehead atoms. The Kier molecular flexibility index (Phi) is 3.97. The van der Waals surface area contributed by atoms with E-state index < -0.39 is 11.2 Å². The van der Waals surface area contributed by atoms with Gasteiger partial charge in [0.2, 0.25) is 0 Å². The highest BCUT2D eigenvalue weighted by atomic mass is 16.5. The van der Waals surface area contributed by atoms with Crippen LogP contribution in [0.4, 0.5) is 0 Å². The second-order valence-electron chi connectivity index (χ2n) is 6.29. The second-order valence-corrected chi connectivity index (χ2v) is 6.29. The van der Waals surface area contributed by atoms with Crippen LogP contribution in [0, 0.1) is 5.92 Å². The minimum absolute atomic E-state index is 0.0772. The van der Waals surface area contributed by atoms with Crippen molar-refractivity contribution in [1.29, 1.82) is 0 Å². The summed E-state index contributed by atoms with van der Waals surface area (Å²) in [5, 5.41) is 13.3. The average molecular weight is 255 g/mol. The standard InChI is InChI=1S/C14H25NO3/c1-11-5-3-7-14(17,9-11)10-15-12(16)13(2)6-4-8-18-13/h11,17H,3-10H2,1-2H3,(H,15,16). The number of hydrogen-bond acceptors (Lipinski definition) is 3. The molecular weight excluding hydrogens is 230 g/mol. The van der Waals surface area contributed by atoms with Crippen molar-refractivity contribution in [2.24, 2.45) is 5.92 Å². The van der Waals surface area contributed by atoms with Crippen molar-refractivity contribution in [3.05, 3.63) is 0 Å². The molecule has 1 aliphatic heterocycles. The van der Waals surface area contributed by atoms with Gasteiger partial charge in [-0.3, -0.25) is 4.79 Å². The summed E-state index contributed by atoms with van der Waals surface area (Å²) in [5.74, 6) is 0.464. The normalized spacial score (nSPS) is 40.7. The summed E-state index contributed by atoms with van der Waals surface area (Å²) in [6, 6.07) is 0. The van der Waals surface area contributed by atoms with Crippen LogP contribution in [-0.2, 0) is 9.53 Å². The van der Waals surface area contributed by atoms with Gasteiger partial charge in [-0.15, -0.1) is 0 Å². The monoisotopic (exact) mass is 255 g/mol. The maximum atomic E-state index is 12.1. The van der Waals surface area contributed by atoms with E-state index in [1.54, 1.807) is 0 Å². The van der Waals surface area contributed by atoms with Gasteiger partial charge in [-0.25, -0.2) is 0 Å². The molecule has 0 aromatic carbocycles. The first-order chi connectivity index (χ1) is 8.44. The number of rotatable bonds is 3. The quantitative estimate of drug-likeness (QED) is 0.805. The highest BCUT2D eigenvalue weighted by molar-refractivity contribution is 5.85. The van der Waals surface area contributed by atoms with Crippen LogP contribution < -0.4 is 5.32 Å². The van der Waals surface area contributed by atoms with Crippen molar-refractivity contribution in [3.63, 3.8) is 0 Å². The minimum atomic E-state index is -0.720. The number of ether oxygens (including phenoxy) is 1. The van der Waals surface area contributed by atoms with E-state index in [9.17, 15) is 9.90 Å². The van der Waals surface area contributed by atoms with Gasteiger partial charge in [0.15, 0.2) is 0 Å². The molecule has 1 heterocycles. The Morgan fingerprint density at radius 3 is 2.83 bits per heavy atom. The first-order valence-corrected chi connectivity index (χ1v) is 7.08. The molecule has 0 aromatic rings. The van der Waals surface area contributed by atoms with Crippen molar-refractivity contribution >= 4 is 5.91 Å². The first-order valence-electron chi connectivity index (χ1n) is 7.08. The molecule has 0 spiro atoms. The minimum Gasteiger partial charge on any atom is -0.388 e. The van der Waals surface area contributed by atoms with Crippen molar-refractivity contribution in [3.8, 4) is 0 Å². The number of amides is 1. The Bertz CT molecular complexity index is 312. The van der Waals surface area contributed by atoms with Gasteiger partial charge in [0.05, 0.1) is 5.60 Å². The van der Waals surface area contributed by atoms with Crippen LogP contribution in [0.5, 0.6) is 0 Å². The molecule has 4 heteroatoms. The molecular formula is C14H25NO3. The average Bonchev–Trinajstić information content (AvgIpc) is 2.74. The second kappa shape index (κ2) is 5.17. The van der Waals surface area contributed by atoms with Crippen LogP contribution in [0.3, 0.4) is 0 Å². The Balaban J connectivity index is 1.85. The molecule has 18 heavy (non-hydrogen) atoms. The van der Waals surface area contributed by atoms with Crippen molar-refractivity contribution in [1.82, 2.24) is 5.32 Å². The third-order valence-corrected chi connectivity index (χ3v) is 4.34. The molecule has 0 aromatic heterocycles. The third kappa shape index (κ3) is 3.04. The fourth-order valence-corrected chi connectivity index (χ4v) is 3.18. The Hall–Kier alpha value is -0.610. The molecule has 1 saturated carbocycles. The van der Waals surface area contributed by atoms with E-state index >= 15 is 0 Å². The van der Waals surface area contributed by atoms with Gasteiger partial charge in [-0.1, -0.05) is 19.8 Å². The highest BCUT2D eigenvalue weighted by Crippen LogP contribution is 2.32. The summed E-state index contributed by atoms with van der Waals surface area (Å²) in [5.41, 5.74) is -1.40. The molecule has 0 radical (unpaired) electrons. The smallest absolute Gasteiger partial charge is 0.252 e. The van der Waals surface area contributed by atoms with Crippen LogP contribution in [0.2, 0.25) is 0 Å². The van der Waals surface area contributed by atoms with Crippen LogP contribution in [0.1, 0.15) is 52.4 Å². The first kappa shape index (κ1) is 13.8. The van der Waals surface area contributed by atoms with E-state index in [-0.39, 0.29) is 5.91 Å². The predicted octanol–water partition coefficient (Wildman–Crippen LogP) is 1.61. The van der Waals surface area contributed by atoms with E-state index in [0.29, 0.717) is 19.1 Å². The summed E-state index contributed by atoms with van der Waals surface area (Å²) < 4.78 is 5.50. The Labute approximate surface area is 109 Å². The molecule has 3 atom stereocenters. The fourth-order valence-electron chi connectivity index (χ4n) is 3.18. The topological polar surface area (TPSA) is 58.6 Å². The number of carbonyl (C=O) groups excluding carboxylic acids is 1. The predicted molar refractivity (Wildman–Crippen MR) is 69.2 cm³/mol. The van der Waals surface area contributed by atoms with Crippen molar-refractivity contribution in [2.75, 3.05) is 13.2 Å². The lowest BCUT2D eigenvalue weighted by molar-refractivity contribution is -0.141. The molecule has 104 valence electrons. The van der Waals surface area contributed by atoms with E-state index in [0.717, 1.165) is 32.1 Å². The summed E-state index contributed by atoms with van der Waals surface area (Å²) >= 11 is 0. The number of nitrogens with one attached hydrogen (secondary N) is 1. The zero-order valence-corrected chi connectivity index (χ0v) is 11.5. The Morgan fingerprint density at radius 1 is 1.44 bits per heavy atom. The molecule has 1 saturated heterocycles. The fraction of sp³-hybridized carbons (Fsp3) is 0.929. The summed E-state index contributed by atoms with van der Waals surface area (Å²) in [4.78, 5) is 12.1. The number of carbonyl (C=O) groups is 1. The SMILES string of the molecule is CC1CCCC(O)(CNC(=O)C2(C)CCCO2)C1. The highest BCUT2D eigenvalue weighted by Gasteiger charge is 2.39. The van der Waals surface area contributed by atoms with E-state index in [1.165, 1.54) is 6.42 Å². The molecule has 3 unspecified atom stereocenters. The molecule has 2 rings (SSSR count). The molecule has 2 aliphatic rings. The summed E-state index contributed by atoms with van der Waals surface area (Å²) in [6.07, 6.45) is 5.50. The van der Waals surface area contributed by atoms with Gasteiger partial charge in [0.25, 0.3) is 5.91 Å². The van der Waals surface area contributed by atoms with Gasteiger partial charge in [0, 0.05) is 13.2 Å². The lowest BCUT2D eigenvalue weighted by Crippen LogP contribution is -2.51. The van der Waals surface area contributed by atoms with Gasteiger partial charge < -0.3 is 15.2 Å². The lowest BCUT2D eigenvalue weighted by Gasteiger charge is -2.36. The lowest BCUT2D eigenvalue weighted by atomic mass is 9.79. The maximum absolute atomic E-state index is 12.1. The van der Waals surface area contributed by atoms with Gasteiger partial charge >= 0.3 is 0 Å². The zero-order chi connectivity index (χ0) is 13.2. The van der Waals surface area contributed by atoms with Gasteiger partial charge in [-0.2, -0.15) is 0 Å². The van der Waals surface area contributed by atoms with Crippen LogP contribution in [-0.4, -0.2) is 35.4 Å². The van der Waals surface area contributed by atoms with Gasteiger partial charge in [-0.05, 0) is 38.5 Å². The van der Waals surface area contributed by atoms with Crippen LogP contribution in [0.25, 0.3) is 0 Å². The molecule has 4 nitrogen and oxygen atoms in total. The van der Waals surface area contributed by atoms with E-state index in [4.69, 9.17) is 4.74 Å². The van der Waals surface area contributed by atoms with E-state index in [2.05, 4.69) is 12.2 Å². The Morgan fingerprint density at radius 2 is 2.22 bits per heavy atom. The molecule has 2 fully saturated rings. The zero-order valence-electron chi connectivity index (χ0n) is 11.5. The third-order valence-electron chi connectivity index (χ3n) is 4.34. The maximum Gasteiger partial charge on any atom is 0.252 e. The molecule has 1 amide bonds. The van der Waals surface area contributed by atoms with Crippen molar-refractivity contribution < 1.29 is 14.6 Å². The number of hydrogen-bond donors (Lipinski definition) is 2. The summed E-state index contributed by atoms with van der Waals surface area (Å²) in [7, 11) is 0. The van der Waals surface area contributed by atoms with Crippen LogP contribution in [0.15, 0.2) is 0 Å². The van der Waals surface area contributed by atoms with E-state index in [1.807, 2.05) is 6.92 Å². The molecule has 1 aliphatic carbocycles. The molecule has 2 N–H and O–H groups in total. The van der Waals surface area contributed by atoms with Crippen molar-refractivity contribution in [2.45, 2.75) is 63.6 Å².